The van der Waals surface area contributed by atoms with Crippen LogP contribution in [0.2, 0.25) is 0 Å². The summed E-state index contributed by atoms with van der Waals surface area (Å²) in [6.07, 6.45) is 8.94. The molecule has 0 aromatic rings. The number of carbonyl (C=O) groups excluding carboxylic acids is 1. The minimum Gasteiger partial charge on any atom is -0.481 e. The molecule has 19 heavy (non-hydrogen) atoms. The first-order valence-corrected chi connectivity index (χ1v) is 7.32. The summed E-state index contributed by atoms with van der Waals surface area (Å²) >= 11 is 0. The number of hydrogen-bond acceptors (Lipinski definition) is 2. The van der Waals surface area contributed by atoms with Gasteiger partial charge >= 0.3 is 5.97 Å². The van der Waals surface area contributed by atoms with E-state index in [1.54, 1.807) is 0 Å². The molecule has 3 aliphatic rings. The Morgan fingerprint density at radius 3 is 2.53 bits per heavy atom. The average Bonchev–Trinajstić information content (AvgIpc) is 2.95. The predicted molar refractivity (Wildman–Crippen MR) is 70.4 cm³/mol. The second-order valence-corrected chi connectivity index (χ2v) is 6.26. The van der Waals surface area contributed by atoms with Gasteiger partial charge in [0.1, 0.15) is 0 Å². The summed E-state index contributed by atoms with van der Waals surface area (Å²) in [5.74, 6) is 1.10. The largest absolute Gasteiger partial charge is 0.481 e. The van der Waals surface area contributed by atoms with Crippen LogP contribution in [0.15, 0.2) is 12.2 Å². The molecule has 3 rings (SSSR count). The molecular formula is C15H21NO3. The highest BCUT2D eigenvalue weighted by Crippen LogP contribution is 2.44. The summed E-state index contributed by atoms with van der Waals surface area (Å²) < 4.78 is 0. The van der Waals surface area contributed by atoms with Crippen molar-refractivity contribution >= 4 is 11.9 Å². The van der Waals surface area contributed by atoms with Gasteiger partial charge in [-0.1, -0.05) is 12.2 Å². The maximum absolute atomic E-state index is 12.6. The van der Waals surface area contributed by atoms with Crippen molar-refractivity contribution < 1.29 is 14.7 Å². The third-order valence-corrected chi connectivity index (χ3v) is 4.68. The van der Waals surface area contributed by atoms with E-state index in [0.717, 1.165) is 19.4 Å². The van der Waals surface area contributed by atoms with Crippen LogP contribution in [0, 0.1) is 23.7 Å². The van der Waals surface area contributed by atoms with E-state index in [4.69, 9.17) is 5.11 Å². The van der Waals surface area contributed by atoms with Gasteiger partial charge in [-0.3, -0.25) is 9.59 Å². The van der Waals surface area contributed by atoms with Gasteiger partial charge in [-0.15, -0.1) is 0 Å². The molecule has 0 radical (unpaired) electrons. The van der Waals surface area contributed by atoms with Crippen LogP contribution in [-0.2, 0) is 9.59 Å². The standard InChI is InChI=1S/C15H21NO3/c17-14(18)5-6-16(9-10-1-2-10)15(19)13-8-11-3-4-12(13)7-11/h3-4,10-13H,1-2,5-9H2,(H,17,18). The Morgan fingerprint density at radius 1 is 1.21 bits per heavy atom. The van der Waals surface area contributed by atoms with E-state index < -0.39 is 5.97 Å². The van der Waals surface area contributed by atoms with E-state index >= 15 is 0 Å². The number of nitrogens with zero attached hydrogens (tertiary/aromatic N) is 1. The van der Waals surface area contributed by atoms with Crippen molar-refractivity contribution in [3.63, 3.8) is 0 Å². The molecule has 1 N–H and O–H groups in total. The third-order valence-electron chi connectivity index (χ3n) is 4.68. The summed E-state index contributed by atoms with van der Waals surface area (Å²) in [5, 5.41) is 8.82. The fourth-order valence-corrected chi connectivity index (χ4v) is 3.43. The summed E-state index contributed by atoms with van der Waals surface area (Å²) in [6.45, 7) is 1.14. The Kier molecular flexibility index (Phi) is 3.33. The van der Waals surface area contributed by atoms with Crippen LogP contribution < -0.4 is 0 Å². The number of carboxylic acids is 1. The van der Waals surface area contributed by atoms with Crippen LogP contribution in [0.4, 0.5) is 0 Å². The lowest BCUT2D eigenvalue weighted by atomic mass is 9.92. The van der Waals surface area contributed by atoms with Gasteiger partial charge < -0.3 is 10.0 Å². The van der Waals surface area contributed by atoms with E-state index in [0.29, 0.717) is 24.3 Å². The summed E-state index contributed by atoms with van der Waals surface area (Å²) in [5.41, 5.74) is 0. The monoisotopic (exact) mass is 263 g/mol. The van der Waals surface area contributed by atoms with Crippen molar-refractivity contribution in [2.75, 3.05) is 13.1 Å². The maximum Gasteiger partial charge on any atom is 0.305 e. The zero-order valence-corrected chi connectivity index (χ0v) is 11.1. The van der Waals surface area contributed by atoms with E-state index in [9.17, 15) is 9.59 Å². The van der Waals surface area contributed by atoms with Crippen molar-refractivity contribution in [1.82, 2.24) is 4.90 Å². The molecule has 0 aromatic carbocycles. The van der Waals surface area contributed by atoms with Gasteiger partial charge in [0.2, 0.25) is 5.91 Å². The summed E-state index contributed by atoms with van der Waals surface area (Å²) in [4.78, 5) is 25.2. The Labute approximate surface area is 113 Å². The normalized spacial score (nSPS) is 31.7. The maximum atomic E-state index is 12.6. The zero-order valence-electron chi connectivity index (χ0n) is 11.1. The van der Waals surface area contributed by atoms with E-state index in [1.165, 1.54) is 12.8 Å². The lowest BCUT2D eigenvalue weighted by Crippen LogP contribution is -2.40. The van der Waals surface area contributed by atoms with Crippen LogP contribution in [0.25, 0.3) is 0 Å². The molecule has 4 heteroatoms. The van der Waals surface area contributed by atoms with Crippen molar-refractivity contribution in [3.8, 4) is 0 Å². The molecule has 3 atom stereocenters. The van der Waals surface area contributed by atoms with E-state index in [1.807, 2.05) is 4.90 Å². The molecule has 3 unspecified atom stereocenters. The van der Waals surface area contributed by atoms with E-state index in [2.05, 4.69) is 12.2 Å². The summed E-state index contributed by atoms with van der Waals surface area (Å²) in [7, 11) is 0. The molecular weight excluding hydrogens is 242 g/mol. The highest BCUT2D eigenvalue weighted by Gasteiger charge is 2.42. The number of amides is 1. The van der Waals surface area contributed by atoms with E-state index in [-0.39, 0.29) is 18.2 Å². The minimum atomic E-state index is -0.818. The van der Waals surface area contributed by atoms with Gasteiger partial charge in [0, 0.05) is 19.0 Å². The molecule has 0 spiro atoms. The minimum absolute atomic E-state index is 0.0646. The van der Waals surface area contributed by atoms with Gasteiger partial charge in [0.25, 0.3) is 0 Å². The lowest BCUT2D eigenvalue weighted by molar-refractivity contribution is -0.140. The molecule has 104 valence electrons. The molecule has 0 aliphatic heterocycles. The summed E-state index contributed by atoms with van der Waals surface area (Å²) in [6, 6.07) is 0. The second-order valence-electron chi connectivity index (χ2n) is 6.26. The SMILES string of the molecule is O=C(O)CCN(CC1CC1)C(=O)C1CC2C=CC1C2. The third kappa shape index (κ3) is 2.82. The number of hydrogen-bond donors (Lipinski definition) is 1. The van der Waals surface area contributed by atoms with Crippen LogP contribution in [0.1, 0.15) is 32.1 Å². The highest BCUT2D eigenvalue weighted by atomic mass is 16.4. The second kappa shape index (κ2) is 4.99. The van der Waals surface area contributed by atoms with Crippen molar-refractivity contribution in [2.45, 2.75) is 32.1 Å². The fraction of sp³-hybridized carbons (Fsp3) is 0.733. The first-order chi connectivity index (χ1) is 9.13. The molecule has 2 bridgehead atoms. The average molecular weight is 263 g/mol. The van der Waals surface area contributed by atoms with Gasteiger partial charge in [-0.05, 0) is 43.4 Å². The lowest BCUT2D eigenvalue weighted by Gasteiger charge is -2.28. The smallest absolute Gasteiger partial charge is 0.305 e. The predicted octanol–water partition coefficient (Wildman–Crippen LogP) is 1.91. The van der Waals surface area contributed by atoms with Gasteiger partial charge in [-0.25, -0.2) is 0 Å². The number of fused-ring (bicyclic) bond motifs is 2. The first kappa shape index (κ1) is 12.7. The zero-order chi connectivity index (χ0) is 13.4. The van der Waals surface area contributed by atoms with Crippen LogP contribution >= 0.6 is 0 Å². The molecule has 0 saturated heterocycles. The number of aliphatic carboxylic acids is 1. The molecule has 2 saturated carbocycles. The van der Waals surface area contributed by atoms with Crippen molar-refractivity contribution in [2.24, 2.45) is 23.7 Å². The molecule has 2 fully saturated rings. The molecule has 4 nitrogen and oxygen atoms in total. The van der Waals surface area contributed by atoms with Crippen LogP contribution in [0.3, 0.4) is 0 Å². The highest BCUT2D eigenvalue weighted by molar-refractivity contribution is 5.80. The number of carboxylic acid groups (broad SMARTS) is 1. The van der Waals surface area contributed by atoms with Gasteiger partial charge in [0.05, 0.1) is 6.42 Å². The quantitative estimate of drug-likeness (QED) is 0.745. The number of allylic oxidation sites excluding steroid dienone is 2. The van der Waals surface area contributed by atoms with Crippen molar-refractivity contribution in [1.29, 1.82) is 0 Å². The first-order valence-electron chi connectivity index (χ1n) is 7.32. The molecule has 0 aromatic heterocycles. The Bertz CT molecular complexity index is 414. The topological polar surface area (TPSA) is 57.6 Å². The Balaban J connectivity index is 1.62. The van der Waals surface area contributed by atoms with Gasteiger partial charge in [0.15, 0.2) is 0 Å². The molecule has 0 heterocycles. The van der Waals surface area contributed by atoms with Gasteiger partial charge in [-0.2, -0.15) is 0 Å². The number of rotatable bonds is 6. The Morgan fingerprint density at radius 2 is 2.00 bits per heavy atom. The van der Waals surface area contributed by atoms with Crippen LogP contribution in [-0.4, -0.2) is 35.0 Å². The Hall–Kier alpha value is -1.32. The molecule has 1 amide bonds. The number of carbonyl (C=O) groups is 2. The molecule has 3 aliphatic carbocycles. The van der Waals surface area contributed by atoms with Crippen molar-refractivity contribution in [3.05, 3.63) is 12.2 Å². The fourth-order valence-electron chi connectivity index (χ4n) is 3.43. The van der Waals surface area contributed by atoms with Crippen LogP contribution in [0.5, 0.6) is 0 Å².